The molecule has 1 saturated carbocycles. The lowest BCUT2D eigenvalue weighted by atomic mass is 10.1. The molecule has 4 rings (SSSR count). The SMILES string of the molecule is O=C(O[C@@H](C(=O)NC1CC1)c1ccccc1)c1ccc(-c2ccc([N+](=O)[O-])cc2)o1. The molecule has 2 aromatic carbocycles. The lowest BCUT2D eigenvalue weighted by Crippen LogP contribution is -2.33. The topological polar surface area (TPSA) is 112 Å². The summed E-state index contributed by atoms with van der Waals surface area (Å²) in [6, 6.07) is 17.7. The Hall–Kier alpha value is -3.94. The zero-order valence-corrected chi connectivity index (χ0v) is 15.8. The molecule has 0 radical (unpaired) electrons. The van der Waals surface area contributed by atoms with Crippen LogP contribution in [0, 0.1) is 10.1 Å². The van der Waals surface area contributed by atoms with Gasteiger partial charge in [0, 0.05) is 29.3 Å². The largest absolute Gasteiger partial charge is 0.449 e. The predicted octanol–water partition coefficient (Wildman–Crippen LogP) is 4.03. The molecule has 1 amide bonds. The normalized spacial score (nSPS) is 14.0. The van der Waals surface area contributed by atoms with E-state index in [1.54, 1.807) is 30.3 Å². The van der Waals surface area contributed by atoms with Crippen LogP contribution in [0.2, 0.25) is 0 Å². The van der Waals surface area contributed by atoms with Crippen LogP contribution in [0.1, 0.15) is 35.1 Å². The summed E-state index contributed by atoms with van der Waals surface area (Å²) in [5.74, 6) is -0.860. The second kappa shape index (κ2) is 8.20. The Balaban J connectivity index is 1.51. The van der Waals surface area contributed by atoms with Crippen LogP contribution in [0.4, 0.5) is 5.69 Å². The van der Waals surface area contributed by atoms with Gasteiger partial charge in [0.15, 0.2) is 0 Å². The van der Waals surface area contributed by atoms with Gasteiger partial charge >= 0.3 is 5.97 Å². The molecule has 152 valence electrons. The second-order valence-electron chi connectivity index (χ2n) is 6.95. The van der Waals surface area contributed by atoms with Gasteiger partial charge in [0.1, 0.15) is 5.76 Å². The van der Waals surface area contributed by atoms with E-state index in [4.69, 9.17) is 9.15 Å². The van der Waals surface area contributed by atoms with Gasteiger partial charge in [-0.15, -0.1) is 0 Å². The third-order valence-electron chi connectivity index (χ3n) is 4.66. The number of ether oxygens (including phenoxy) is 1. The zero-order valence-electron chi connectivity index (χ0n) is 15.8. The highest BCUT2D eigenvalue weighted by molar-refractivity contribution is 5.91. The van der Waals surface area contributed by atoms with Crippen LogP contribution in [-0.4, -0.2) is 22.8 Å². The number of amides is 1. The summed E-state index contributed by atoms with van der Waals surface area (Å²) in [7, 11) is 0. The molecule has 8 heteroatoms. The molecule has 0 spiro atoms. The van der Waals surface area contributed by atoms with Crippen LogP contribution in [0.5, 0.6) is 0 Å². The number of hydrogen-bond acceptors (Lipinski definition) is 6. The van der Waals surface area contributed by atoms with Crippen molar-refractivity contribution in [1.29, 1.82) is 0 Å². The van der Waals surface area contributed by atoms with E-state index < -0.39 is 17.0 Å². The van der Waals surface area contributed by atoms with Crippen molar-refractivity contribution in [2.45, 2.75) is 25.0 Å². The Labute approximate surface area is 171 Å². The molecule has 30 heavy (non-hydrogen) atoms. The van der Waals surface area contributed by atoms with Crippen molar-refractivity contribution in [3.05, 3.63) is 88.2 Å². The number of non-ortho nitro benzene ring substituents is 1. The Morgan fingerprint density at radius 3 is 2.37 bits per heavy atom. The van der Waals surface area contributed by atoms with E-state index in [9.17, 15) is 19.7 Å². The monoisotopic (exact) mass is 406 g/mol. The minimum Gasteiger partial charge on any atom is -0.449 e. The van der Waals surface area contributed by atoms with E-state index in [0.717, 1.165) is 12.8 Å². The first-order chi connectivity index (χ1) is 14.5. The number of nitro groups is 1. The van der Waals surface area contributed by atoms with Gasteiger partial charge in [-0.05, 0) is 37.1 Å². The van der Waals surface area contributed by atoms with Gasteiger partial charge in [-0.3, -0.25) is 14.9 Å². The molecule has 1 heterocycles. The maximum atomic E-state index is 12.6. The van der Waals surface area contributed by atoms with Crippen molar-refractivity contribution in [1.82, 2.24) is 5.32 Å². The molecule has 1 aliphatic rings. The number of esters is 1. The molecule has 1 N–H and O–H groups in total. The molecule has 0 aliphatic heterocycles. The van der Waals surface area contributed by atoms with Crippen LogP contribution in [0.15, 0.2) is 71.1 Å². The number of carbonyl (C=O) groups is 2. The van der Waals surface area contributed by atoms with E-state index in [1.807, 2.05) is 6.07 Å². The first-order valence-corrected chi connectivity index (χ1v) is 9.42. The lowest BCUT2D eigenvalue weighted by molar-refractivity contribution is -0.384. The predicted molar refractivity (Wildman–Crippen MR) is 107 cm³/mol. The summed E-state index contributed by atoms with van der Waals surface area (Å²) in [6.45, 7) is 0. The molecule has 1 aromatic heterocycles. The van der Waals surface area contributed by atoms with E-state index in [-0.39, 0.29) is 23.4 Å². The Kier molecular flexibility index (Phi) is 5.30. The summed E-state index contributed by atoms with van der Waals surface area (Å²) in [4.78, 5) is 35.5. The standard InChI is InChI=1S/C22H18N2O6/c25-21(23-16-8-9-16)20(15-4-2-1-3-5-15)30-22(26)19-13-12-18(29-19)14-6-10-17(11-7-14)24(27)28/h1-7,10-13,16,20H,8-9H2,(H,23,25)/t20-/m1/s1. The van der Waals surface area contributed by atoms with Crippen molar-refractivity contribution in [2.75, 3.05) is 0 Å². The Morgan fingerprint density at radius 1 is 1.03 bits per heavy atom. The molecule has 0 bridgehead atoms. The highest BCUT2D eigenvalue weighted by atomic mass is 16.6. The van der Waals surface area contributed by atoms with E-state index in [1.165, 1.54) is 30.3 Å². The zero-order chi connectivity index (χ0) is 21.1. The number of furan rings is 1. The van der Waals surface area contributed by atoms with Crippen LogP contribution in [-0.2, 0) is 9.53 Å². The first-order valence-electron chi connectivity index (χ1n) is 9.42. The third kappa shape index (κ3) is 4.38. The van der Waals surface area contributed by atoms with E-state index in [0.29, 0.717) is 16.9 Å². The quantitative estimate of drug-likeness (QED) is 0.360. The van der Waals surface area contributed by atoms with Crippen LogP contribution < -0.4 is 5.32 Å². The number of carbonyl (C=O) groups excluding carboxylic acids is 2. The van der Waals surface area contributed by atoms with Gasteiger partial charge in [-0.1, -0.05) is 30.3 Å². The smallest absolute Gasteiger partial charge is 0.375 e. The molecule has 0 saturated heterocycles. The molecule has 3 aromatic rings. The van der Waals surface area contributed by atoms with Crippen molar-refractivity contribution in [2.24, 2.45) is 0 Å². The van der Waals surface area contributed by atoms with Gasteiger partial charge in [0.05, 0.1) is 4.92 Å². The highest BCUT2D eigenvalue weighted by Gasteiger charge is 2.31. The van der Waals surface area contributed by atoms with Crippen LogP contribution in [0.25, 0.3) is 11.3 Å². The number of hydrogen-bond donors (Lipinski definition) is 1. The van der Waals surface area contributed by atoms with Crippen LogP contribution in [0.3, 0.4) is 0 Å². The van der Waals surface area contributed by atoms with Gasteiger partial charge in [0.2, 0.25) is 11.9 Å². The average molecular weight is 406 g/mol. The minimum atomic E-state index is -1.09. The first kappa shape index (κ1) is 19.4. The van der Waals surface area contributed by atoms with Crippen LogP contribution >= 0.6 is 0 Å². The van der Waals surface area contributed by atoms with Crippen molar-refractivity contribution in [3.8, 4) is 11.3 Å². The molecule has 1 aliphatic carbocycles. The van der Waals surface area contributed by atoms with Gasteiger partial charge in [-0.25, -0.2) is 4.79 Å². The molecular formula is C22H18N2O6. The number of nitrogens with one attached hydrogen (secondary N) is 1. The third-order valence-corrected chi connectivity index (χ3v) is 4.66. The fourth-order valence-electron chi connectivity index (χ4n) is 2.92. The summed E-state index contributed by atoms with van der Waals surface area (Å²) < 4.78 is 11.0. The molecule has 0 unspecified atom stereocenters. The van der Waals surface area contributed by atoms with Crippen molar-refractivity contribution in [3.63, 3.8) is 0 Å². The Bertz CT molecular complexity index is 1070. The number of benzene rings is 2. The fourth-order valence-corrected chi connectivity index (χ4v) is 2.92. The molecule has 1 fully saturated rings. The molecular weight excluding hydrogens is 388 g/mol. The Morgan fingerprint density at radius 2 is 1.73 bits per heavy atom. The number of rotatable bonds is 7. The fraction of sp³-hybridized carbons (Fsp3) is 0.182. The minimum absolute atomic E-state index is 0.0442. The second-order valence-corrected chi connectivity index (χ2v) is 6.95. The van der Waals surface area contributed by atoms with Gasteiger partial charge in [-0.2, -0.15) is 0 Å². The summed E-state index contributed by atoms with van der Waals surface area (Å²) in [5.41, 5.74) is 1.09. The molecule has 1 atom stereocenters. The van der Waals surface area contributed by atoms with E-state index in [2.05, 4.69) is 5.32 Å². The molecule has 8 nitrogen and oxygen atoms in total. The van der Waals surface area contributed by atoms with Gasteiger partial charge in [0.25, 0.3) is 11.6 Å². The number of nitrogens with zero attached hydrogens (tertiary/aromatic N) is 1. The van der Waals surface area contributed by atoms with Gasteiger partial charge < -0.3 is 14.5 Å². The number of nitro benzene ring substituents is 1. The van der Waals surface area contributed by atoms with Crippen molar-refractivity contribution >= 4 is 17.6 Å². The summed E-state index contributed by atoms with van der Waals surface area (Å²) >= 11 is 0. The summed E-state index contributed by atoms with van der Waals surface area (Å²) in [6.07, 6.45) is 0.739. The van der Waals surface area contributed by atoms with Crippen molar-refractivity contribution < 1.29 is 23.7 Å². The van der Waals surface area contributed by atoms with E-state index >= 15 is 0 Å². The highest BCUT2D eigenvalue weighted by Crippen LogP contribution is 2.27. The maximum Gasteiger partial charge on any atom is 0.375 e. The lowest BCUT2D eigenvalue weighted by Gasteiger charge is -2.17. The average Bonchev–Trinajstić information content (AvgIpc) is 3.43. The maximum absolute atomic E-state index is 12.6. The summed E-state index contributed by atoms with van der Waals surface area (Å²) in [5, 5.41) is 13.6.